The predicted octanol–water partition coefficient (Wildman–Crippen LogP) is -0.321. The summed E-state index contributed by atoms with van der Waals surface area (Å²) in [6, 6.07) is 8.47. The first-order chi connectivity index (χ1) is 12.2. The number of aliphatic carboxylic acids is 2. The van der Waals surface area contributed by atoms with Gasteiger partial charge in [0.15, 0.2) is 0 Å². The number of carboxylic acid groups (broad SMARTS) is 2. The number of carbonyl (C=O) groups is 2. The van der Waals surface area contributed by atoms with Crippen molar-refractivity contribution in [2.24, 2.45) is 0 Å². The largest absolute Gasteiger partial charge is 0.550 e. The van der Waals surface area contributed by atoms with Gasteiger partial charge in [0, 0.05) is 36.7 Å². The molecule has 0 aromatic heterocycles. The van der Waals surface area contributed by atoms with Crippen LogP contribution in [-0.2, 0) is 15.0 Å². The standard InChI is InChI=1S/C16H12N2O8/c19-14(20)9-16(15(21)22,10-1-5-12(6-2-10)17(23)24)11-3-7-13(8-4-11)18(25)26/h1-8H,9H2,(H,19,20)(H,21,22)/p-2. The summed E-state index contributed by atoms with van der Waals surface area (Å²) < 4.78 is 0. The van der Waals surface area contributed by atoms with Gasteiger partial charge >= 0.3 is 0 Å². The van der Waals surface area contributed by atoms with Gasteiger partial charge in [-0.25, -0.2) is 0 Å². The number of carbonyl (C=O) groups excluding carboxylic acids is 2. The molecule has 0 saturated heterocycles. The topological polar surface area (TPSA) is 167 Å². The molecule has 2 aromatic rings. The Bertz CT molecular complexity index is 817. The fraction of sp³-hybridized carbons (Fsp3) is 0.125. The maximum Gasteiger partial charge on any atom is 0.269 e. The van der Waals surface area contributed by atoms with Crippen molar-refractivity contribution in [3.8, 4) is 0 Å². The van der Waals surface area contributed by atoms with E-state index >= 15 is 0 Å². The summed E-state index contributed by atoms with van der Waals surface area (Å²) in [5.41, 5.74) is -3.07. The molecule has 0 N–H and O–H groups in total. The van der Waals surface area contributed by atoms with Gasteiger partial charge in [0.05, 0.1) is 21.2 Å². The molecule has 2 aromatic carbocycles. The van der Waals surface area contributed by atoms with Crippen LogP contribution in [0.2, 0.25) is 0 Å². The van der Waals surface area contributed by atoms with E-state index in [9.17, 15) is 40.0 Å². The maximum absolute atomic E-state index is 11.9. The Hall–Kier alpha value is -3.82. The Balaban J connectivity index is 2.68. The number of rotatable bonds is 7. The van der Waals surface area contributed by atoms with Crippen LogP contribution in [0.1, 0.15) is 17.5 Å². The SMILES string of the molecule is O=C([O-])CC(C(=O)[O-])(c1ccc([N+](=O)[O-])cc1)c1ccc([N+](=O)[O-])cc1. The molecule has 2 rings (SSSR count). The average molecular weight is 358 g/mol. The quantitative estimate of drug-likeness (QED) is 0.479. The summed E-state index contributed by atoms with van der Waals surface area (Å²) >= 11 is 0. The summed E-state index contributed by atoms with van der Waals surface area (Å²) in [4.78, 5) is 43.2. The van der Waals surface area contributed by atoms with E-state index in [4.69, 9.17) is 0 Å². The van der Waals surface area contributed by atoms with E-state index in [0.29, 0.717) is 0 Å². The Kier molecular flexibility index (Phi) is 4.96. The fourth-order valence-electron chi connectivity index (χ4n) is 2.63. The Morgan fingerprint density at radius 3 is 1.35 bits per heavy atom. The highest BCUT2D eigenvalue weighted by Gasteiger charge is 2.37. The van der Waals surface area contributed by atoms with Crippen molar-refractivity contribution in [2.75, 3.05) is 0 Å². The lowest BCUT2D eigenvalue weighted by Crippen LogP contribution is -2.50. The molecule has 0 fully saturated rings. The van der Waals surface area contributed by atoms with Crippen LogP contribution in [0.15, 0.2) is 48.5 Å². The molecule has 0 unspecified atom stereocenters. The monoisotopic (exact) mass is 358 g/mol. The summed E-state index contributed by atoms with van der Waals surface area (Å²) in [5, 5.41) is 44.6. The highest BCUT2D eigenvalue weighted by atomic mass is 16.6. The molecule has 0 aliphatic heterocycles. The molecule has 0 heterocycles. The molecule has 10 nitrogen and oxygen atoms in total. The van der Waals surface area contributed by atoms with E-state index in [0.717, 1.165) is 48.5 Å². The molecule has 0 atom stereocenters. The highest BCUT2D eigenvalue weighted by molar-refractivity contribution is 5.89. The van der Waals surface area contributed by atoms with Crippen molar-refractivity contribution in [2.45, 2.75) is 11.8 Å². The number of nitro benzene ring substituents is 2. The minimum atomic E-state index is -2.23. The third-order valence-electron chi connectivity index (χ3n) is 3.90. The summed E-state index contributed by atoms with van der Waals surface area (Å²) in [6.45, 7) is 0. The van der Waals surface area contributed by atoms with E-state index in [2.05, 4.69) is 0 Å². The highest BCUT2D eigenvalue weighted by Crippen LogP contribution is 2.37. The van der Waals surface area contributed by atoms with Gasteiger partial charge in [-0.1, -0.05) is 24.3 Å². The minimum Gasteiger partial charge on any atom is -0.550 e. The van der Waals surface area contributed by atoms with Crippen LogP contribution in [-0.4, -0.2) is 21.8 Å². The number of carboxylic acids is 2. The number of hydrogen-bond donors (Lipinski definition) is 0. The van der Waals surface area contributed by atoms with Crippen LogP contribution in [0.25, 0.3) is 0 Å². The lowest BCUT2D eigenvalue weighted by Gasteiger charge is -2.36. The lowest BCUT2D eigenvalue weighted by atomic mass is 9.72. The molecule has 0 bridgehead atoms. The van der Waals surface area contributed by atoms with Crippen molar-refractivity contribution in [3.63, 3.8) is 0 Å². The molecule has 0 aliphatic carbocycles. The first kappa shape index (κ1) is 18.5. The van der Waals surface area contributed by atoms with E-state index in [1.807, 2.05) is 0 Å². The minimum absolute atomic E-state index is 0.0962. The first-order valence-corrected chi connectivity index (χ1v) is 7.09. The van der Waals surface area contributed by atoms with E-state index < -0.39 is 33.6 Å². The Labute approximate surface area is 145 Å². The number of nitrogens with zero attached hydrogens (tertiary/aromatic N) is 2. The van der Waals surface area contributed by atoms with Gasteiger partial charge in [0.1, 0.15) is 0 Å². The van der Waals surface area contributed by atoms with Gasteiger partial charge in [0.25, 0.3) is 11.4 Å². The predicted molar refractivity (Wildman–Crippen MR) is 81.6 cm³/mol. The third kappa shape index (κ3) is 3.34. The molecular formula is C16H10N2O8-2. The molecule has 0 spiro atoms. The van der Waals surface area contributed by atoms with Crippen molar-refractivity contribution >= 4 is 23.3 Å². The Morgan fingerprint density at radius 2 is 1.12 bits per heavy atom. The summed E-state index contributed by atoms with van der Waals surface area (Å²) in [7, 11) is 0. The van der Waals surface area contributed by atoms with E-state index in [1.165, 1.54) is 0 Å². The van der Waals surface area contributed by atoms with Gasteiger partial charge in [0.2, 0.25) is 0 Å². The normalized spacial score (nSPS) is 10.9. The molecule has 0 aliphatic rings. The molecule has 0 radical (unpaired) electrons. The van der Waals surface area contributed by atoms with Crippen molar-refractivity contribution < 1.29 is 29.6 Å². The first-order valence-electron chi connectivity index (χ1n) is 7.09. The molecular weight excluding hydrogens is 348 g/mol. The van der Waals surface area contributed by atoms with Crippen molar-refractivity contribution in [3.05, 3.63) is 79.9 Å². The second kappa shape index (κ2) is 6.97. The summed E-state index contributed by atoms with van der Waals surface area (Å²) in [5.74, 6) is -3.49. The van der Waals surface area contributed by atoms with Crippen LogP contribution in [0.4, 0.5) is 11.4 Å². The zero-order valence-electron chi connectivity index (χ0n) is 13.0. The van der Waals surface area contributed by atoms with Crippen LogP contribution in [0.5, 0.6) is 0 Å². The van der Waals surface area contributed by atoms with Crippen LogP contribution >= 0.6 is 0 Å². The summed E-state index contributed by atoms with van der Waals surface area (Å²) in [6.07, 6.45) is -1.02. The van der Waals surface area contributed by atoms with Crippen LogP contribution in [0.3, 0.4) is 0 Å². The Morgan fingerprint density at radius 1 is 0.769 bits per heavy atom. The van der Waals surface area contributed by atoms with E-state index in [1.54, 1.807) is 0 Å². The molecule has 10 heteroatoms. The van der Waals surface area contributed by atoms with Gasteiger partial charge in [-0.05, 0) is 11.1 Å². The fourth-order valence-corrected chi connectivity index (χ4v) is 2.63. The van der Waals surface area contributed by atoms with Gasteiger partial charge in [-0.15, -0.1) is 0 Å². The molecule has 26 heavy (non-hydrogen) atoms. The van der Waals surface area contributed by atoms with Crippen LogP contribution < -0.4 is 10.2 Å². The van der Waals surface area contributed by atoms with Crippen molar-refractivity contribution in [1.82, 2.24) is 0 Å². The average Bonchev–Trinajstić information content (AvgIpc) is 2.59. The number of hydrogen-bond acceptors (Lipinski definition) is 8. The van der Waals surface area contributed by atoms with Crippen molar-refractivity contribution in [1.29, 1.82) is 0 Å². The molecule has 0 saturated carbocycles. The van der Waals surface area contributed by atoms with Gasteiger partial charge in [-0.2, -0.15) is 0 Å². The zero-order chi connectivity index (χ0) is 19.5. The lowest BCUT2D eigenvalue weighted by molar-refractivity contribution is -0.385. The molecule has 134 valence electrons. The molecule has 0 amide bonds. The second-order valence-corrected chi connectivity index (χ2v) is 5.35. The maximum atomic E-state index is 11.9. The van der Waals surface area contributed by atoms with Crippen LogP contribution in [0, 0.1) is 20.2 Å². The smallest absolute Gasteiger partial charge is 0.269 e. The number of benzene rings is 2. The zero-order valence-corrected chi connectivity index (χ0v) is 13.0. The third-order valence-corrected chi connectivity index (χ3v) is 3.90. The van der Waals surface area contributed by atoms with Gasteiger partial charge in [-0.3, -0.25) is 20.2 Å². The van der Waals surface area contributed by atoms with E-state index in [-0.39, 0.29) is 22.5 Å². The number of non-ortho nitro benzene ring substituents is 2. The van der Waals surface area contributed by atoms with Gasteiger partial charge < -0.3 is 19.8 Å². The second-order valence-electron chi connectivity index (χ2n) is 5.35. The number of nitro groups is 2.